The van der Waals surface area contributed by atoms with Gasteiger partial charge in [-0.25, -0.2) is 24.6 Å². The zero-order chi connectivity index (χ0) is 12.3. The average molecular weight is 260 g/mol. The van der Waals surface area contributed by atoms with Gasteiger partial charge >= 0.3 is 0 Å². The van der Waals surface area contributed by atoms with Crippen LogP contribution in [0.4, 0.5) is 14.6 Å². The lowest BCUT2D eigenvalue weighted by Gasteiger charge is -2.05. The first-order valence-corrected chi connectivity index (χ1v) is 5.65. The van der Waals surface area contributed by atoms with Crippen molar-refractivity contribution in [2.75, 3.05) is 12.0 Å². The van der Waals surface area contributed by atoms with Crippen LogP contribution in [0.1, 0.15) is 5.82 Å². The van der Waals surface area contributed by atoms with Gasteiger partial charge in [0.2, 0.25) is 0 Å². The quantitative estimate of drug-likeness (QED) is 0.633. The van der Waals surface area contributed by atoms with Crippen molar-refractivity contribution in [2.24, 2.45) is 5.84 Å². The van der Waals surface area contributed by atoms with Crippen LogP contribution in [0, 0.1) is 0 Å². The number of nitrogen functional groups attached to an aromatic ring is 1. The molecular formula is C9H10F2N4OS. The Kier molecular flexibility index (Phi) is 3.77. The van der Waals surface area contributed by atoms with Crippen LogP contribution in [-0.2, 0) is 11.3 Å². The molecule has 3 N–H and O–H groups in total. The average Bonchev–Trinajstić information content (AvgIpc) is 2.75. The molecule has 2 aromatic heterocycles. The molecule has 0 fully saturated rings. The summed E-state index contributed by atoms with van der Waals surface area (Å²) >= 11 is 1.42. The van der Waals surface area contributed by atoms with Crippen LogP contribution in [0.5, 0.6) is 0 Å². The SMILES string of the molecule is NNc1nc(COCC(F)F)nc2sccc12. The standard InChI is InChI=1S/C9H10F2N4OS/c10-6(11)3-16-4-7-13-8(15-12)5-1-2-17-9(5)14-7/h1-2,6H,3-4,12H2,(H,13,14,15). The number of aromatic nitrogens is 2. The molecule has 92 valence electrons. The van der Waals surface area contributed by atoms with Crippen molar-refractivity contribution in [1.29, 1.82) is 0 Å². The van der Waals surface area contributed by atoms with E-state index in [1.54, 1.807) is 0 Å². The number of hydrogen-bond donors (Lipinski definition) is 2. The van der Waals surface area contributed by atoms with Crippen molar-refractivity contribution in [3.05, 3.63) is 17.3 Å². The smallest absolute Gasteiger partial charge is 0.261 e. The molecule has 0 aliphatic carbocycles. The summed E-state index contributed by atoms with van der Waals surface area (Å²) in [6.07, 6.45) is -2.49. The number of nitrogens with one attached hydrogen (secondary N) is 1. The van der Waals surface area contributed by atoms with E-state index in [2.05, 4.69) is 15.4 Å². The van der Waals surface area contributed by atoms with Crippen LogP contribution < -0.4 is 11.3 Å². The Morgan fingerprint density at radius 3 is 3.00 bits per heavy atom. The van der Waals surface area contributed by atoms with E-state index in [1.165, 1.54) is 11.3 Å². The van der Waals surface area contributed by atoms with Gasteiger partial charge < -0.3 is 10.2 Å². The summed E-state index contributed by atoms with van der Waals surface area (Å²) in [5.74, 6) is 6.12. The molecule has 0 saturated heterocycles. The number of nitrogens with zero attached hydrogens (tertiary/aromatic N) is 2. The highest BCUT2D eigenvalue weighted by Gasteiger charge is 2.09. The normalized spacial score (nSPS) is 11.3. The summed E-state index contributed by atoms with van der Waals surface area (Å²) in [6, 6.07) is 1.83. The molecule has 0 saturated carbocycles. The second-order valence-corrected chi connectivity index (χ2v) is 4.07. The predicted octanol–water partition coefficient (Wildman–Crippen LogP) is 1.76. The van der Waals surface area contributed by atoms with Crippen LogP contribution in [-0.4, -0.2) is 23.0 Å². The number of hydrazine groups is 1. The molecule has 0 unspecified atom stereocenters. The molecule has 0 amide bonds. The van der Waals surface area contributed by atoms with Crippen LogP contribution in [0.25, 0.3) is 10.2 Å². The van der Waals surface area contributed by atoms with Crippen molar-refractivity contribution >= 4 is 27.4 Å². The number of rotatable bonds is 5. The molecular weight excluding hydrogens is 250 g/mol. The highest BCUT2D eigenvalue weighted by Crippen LogP contribution is 2.24. The van der Waals surface area contributed by atoms with Crippen LogP contribution in [0.15, 0.2) is 11.4 Å². The first-order chi connectivity index (χ1) is 8.20. The zero-order valence-electron chi connectivity index (χ0n) is 8.69. The van der Waals surface area contributed by atoms with E-state index in [1.807, 2.05) is 11.4 Å². The third-order valence-electron chi connectivity index (χ3n) is 1.98. The van der Waals surface area contributed by atoms with E-state index >= 15 is 0 Å². The molecule has 0 aliphatic heterocycles. The van der Waals surface area contributed by atoms with Gasteiger partial charge in [0, 0.05) is 0 Å². The summed E-state index contributed by atoms with van der Waals surface area (Å²) in [5, 5.41) is 2.65. The molecule has 2 heterocycles. The lowest BCUT2D eigenvalue weighted by Crippen LogP contribution is -2.12. The van der Waals surface area contributed by atoms with Crippen molar-refractivity contribution in [3.63, 3.8) is 0 Å². The van der Waals surface area contributed by atoms with Gasteiger partial charge in [0.15, 0.2) is 11.6 Å². The molecule has 5 nitrogen and oxygen atoms in total. The molecule has 2 aromatic rings. The molecule has 8 heteroatoms. The molecule has 2 rings (SSSR count). The van der Waals surface area contributed by atoms with Crippen molar-refractivity contribution < 1.29 is 13.5 Å². The largest absolute Gasteiger partial charge is 0.368 e. The van der Waals surface area contributed by atoms with Gasteiger partial charge in [0.05, 0.1) is 5.39 Å². The van der Waals surface area contributed by atoms with Crippen LogP contribution in [0.3, 0.4) is 0 Å². The van der Waals surface area contributed by atoms with Crippen LogP contribution >= 0.6 is 11.3 Å². The van der Waals surface area contributed by atoms with Gasteiger partial charge in [-0.2, -0.15) is 0 Å². The van der Waals surface area contributed by atoms with Crippen LogP contribution in [0.2, 0.25) is 0 Å². The Morgan fingerprint density at radius 1 is 1.47 bits per heavy atom. The van der Waals surface area contributed by atoms with Crippen molar-refractivity contribution in [3.8, 4) is 0 Å². The van der Waals surface area contributed by atoms with E-state index in [4.69, 9.17) is 10.6 Å². The second kappa shape index (κ2) is 5.30. The summed E-state index contributed by atoms with van der Waals surface area (Å²) < 4.78 is 28.5. The predicted molar refractivity (Wildman–Crippen MR) is 60.9 cm³/mol. The van der Waals surface area contributed by atoms with Gasteiger partial charge in [-0.05, 0) is 11.4 Å². The Labute approximate surface area is 99.6 Å². The zero-order valence-corrected chi connectivity index (χ0v) is 9.51. The molecule has 0 atom stereocenters. The molecule has 17 heavy (non-hydrogen) atoms. The minimum atomic E-state index is -2.49. The molecule has 0 aromatic carbocycles. The van der Waals surface area contributed by atoms with E-state index < -0.39 is 13.0 Å². The lowest BCUT2D eigenvalue weighted by molar-refractivity contribution is 0.00781. The fraction of sp³-hybridized carbons (Fsp3) is 0.333. The van der Waals surface area contributed by atoms with Gasteiger partial charge in [-0.3, -0.25) is 0 Å². The van der Waals surface area contributed by atoms with E-state index in [-0.39, 0.29) is 6.61 Å². The van der Waals surface area contributed by atoms with Gasteiger partial charge in [0.25, 0.3) is 6.43 Å². The number of nitrogens with two attached hydrogens (primary N) is 1. The molecule has 0 radical (unpaired) electrons. The number of anilines is 1. The highest BCUT2D eigenvalue weighted by molar-refractivity contribution is 7.16. The first kappa shape index (κ1) is 12.1. The highest BCUT2D eigenvalue weighted by atomic mass is 32.1. The fourth-order valence-corrected chi connectivity index (χ4v) is 2.10. The maximum atomic E-state index is 11.9. The Hall–Kier alpha value is -1.38. The number of alkyl halides is 2. The maximum absolute atomic E-state index is 11.9. The Morgan fingerprint density at radius 2 is 2.29 bits per heavy atom. The minimum Gasteiger partial charge on any atom is -0.368 e. The Balaban J connectivity index is 2.17. The number of halogens is 2. The monoisotopic (exact) mass is 260 g/mol. The lowest BCUT2D eigenvalue weighted by atomic mass is 10.4. The molecule has 0 aliphatic rings. The Bertz CT molecular complexity index is 505. The van der Waals surface area contributed by atoms with E-state index in [0.717, 1.165) is 10.2 Å². The first-order valence-electron chi connectivity index (χ1n) is 4.77. The maximum Gasteiger partial charge on any atom is 0.261 e. The van der Waals surface area contributed by atoms with Gasteiger partial charge in [-0.15, -0.1) is 11.3 Å². The summed E-state index contributed by atoms with van der Waals surface area (Å²) in [6.45, 7) is -0.690. The third-order valence-corrected chi connectivity index (χ3v) is 2.79. The van der Waals surface area contributed by atoms with E-state index in [0.29, 0.717) is 11.6 Å². The summed E-state index contributed by atoms with van der Waals surface area (Å²) in [4.78, 5) is 9.00. The fourth-order valence-electron chi connectivity index (χ4n) is 1.31. The molecule has 0 bridgehead atoms. The summed E-state index contributed by atoms with van der Waals surface area (Å²) in [5.41, 5.74) is 2.45. The van der Waals surface area contributed by atoms with Crippen molar-refractivity contribution in [2.45, 2.75) is 13.0 Å². The molecule has 0 spiro atoms. The number of hydrogen-bond acceptors (Lipinski definition) is 6. The topological polar surface area (TPSA) is 73.1 Å². The van der Waals surface area contributed by atoms with Gasteiger partial charge in [-0.1, -0.05) is 0 Å². The number of thiophene rings is 1. The third kappa shape index (κ3) is 2.84. The number of fused-ring (bicyclic) bond motifs is 1. The minimum absolute atomic E-state index is 0.0626. The van der Waals surface area contributed by atoms with E-state index in [9.17, 15) is 8.78 Å². The number of ether oxygens (including phenoxy) is 1. The summed E-state index contributed by atoms with van der Waals surface area (Å²) in [7, 11) is 0. The van der Waals surface area contributed by atoms with Crippen molar-refractivity contribution in [1.82, 2.24) is 9.97 Å². The second-order valence-electron chi connectivity index (χ2n) is 3.18. The van der Waals surface area contributed by atoms with Gasteiger partial charge in [0.1, 0.15) is 18.0 Å².